The highest BCUT2D eigenvalue weighted by Gasteiger charge is 2.63. The maximum absolute atomic E-state index is 14.8. The number of carbonyl (C=O) groups excluding carboxylic acids is 2. The van der Waals surface area contributed by atoms with E-state index in [1.807, 2.05) is 0 Å². The van der Waals surface area contributed by atoms with Gasteiger partial charge in [0, 0.05) is 30.9 Å². The molecule has 0 saturated carbocycles. The van der Waals surface area contributed by atoms with Gasteiger partial charge >= 0.3 is 19.8 Å². The molecule has 2 aromatic rings. The molecule has 35 heavy (non-hydrogen) atoms. The molecule has 4 rings (SSSR count). The van der Waals surface area contributed by atoms with Crippen LogP contribution in [-0.4, -0.2) is 61.5 Å². The number of aliphatic hydroxyl groups is 1. The third kappa shape index (κ3) is 4.62. The Hall–Kier alpha value is -2.70. The Balaban J connectivity index is 1.60. The minimum Gasteiger partial charge on any atom is -0.447 e. The van der Waals surface area contributed by atoms with Crippen LogP contribution in [0.25, 0.3) is 0 Å². The van der Waals surface area contributed by atoms with Gasteiger partial charge in [0.1, 0.15) is 24.0 Å². The number of carbonyl (C=O) groups is 2. The van der Waals surface area contributed by atoms with Crippen molar-refractivity contribution in [3.63, 3.8) is 0 Å². The van der Waals surface area contributed by atoms with Crippen LogP contribution in [0.3, 0.4) is 0 Å². The van der Waals surface area contributed by atoms with Gasteiger partial charge in [0.25, 0.3) is 0 Å². The number of halogens is 2. The smallest absolute Gasteiger partial charge is 0.424 e. The molecule has 16 heteroatoms. The van der Waals surface area contributed by atoms with Crippen LogP contribution in [0, 0.1) is 11.6 Å². The van der Waals surface area contributed by atoms with Crippen LogP contribution in [0.5, 0.6) is 5.75 Å². The molecule has 0 bridgehead atoms. The first-order valence-electron chi connectivity index (χ1n) is 9.77. The van der Waals surface area contributed by atoms with Crippen molar-refractivity contribution in [2.45, 2.75) is 17.8 Å². The highest BCUT2D eigenvalue weighted by Crippen LogP contribution is 2.79. The Morgan fingerprint density at radius 2 is 2.00 bits per heavy atom. The number of imide groups is 1. The van der Waals surface area contributed by atoms with Gasteiger partial charge < -0.3 is 24.4 Å². The highest BCUT2D eigenvalue weighted by molar-refractivity contribution is 7.78. The van der Waals surface area contributed by atoms with Crippen molar-refractivity contribution in [2.75, 3.05) is 13.2 Å². The first-order valence-corrected chi connectivity index (χ1v) is 13.2. The first kappa shape index (κ1) is 25.4. The van der Waals surface area contributed by atoms with E-state index in [1.165, 1.54) is 24.5 Å². The number of rotatable bonds is 4. The van der Waals surface area contributed by atoms with Crippen LogP contribution in [0.2, 0.25) is 0 Å². The van der Waals surface area contributed by atoms with Gasteiger partial charge in [-0.3, -0.25) is 18.6 Å². The predicted octanol–water partition coefficient (Wildman–Crippen LogP) is 2.70. The Kier molecular flexibility index (Phi) is 6.58. The molecular formula is C19H18F2N2O10P2. The largest absolute Gasteiger partial charge is 0.447 e. The number of ether oxygens (including phenoxy) is 2. The molecule has 2 fully saturated rings. The van der Waals surface area contributed by atoms with E-state index < -0.39 is 67.9 Å². The van der Waals surface area contributed by atoms with Crippen molar-refractivity contribution in [1.29, 1.82) is 0 Å². The summed E-state index contributed by atoms with van der Waals surface area (Å²) in [6, 6.07) is 3.98. The Morgan fingerprint density at radius 1 is 1.31 bits per heavy atom. The number of hydrogen-bond donors (Lipinski definition) is 3. The summed E-state index contributed by atoms with van der Waals surface area (Å²) >= 11 is 0. The minimum atomic E-state index is -5.25. The lowest BCUT2D eigenvalue weighted by molar-refractivity contribution is -0.0511. The summed E-state index contributed by atoms with van der Waals surface area (Å²) < 4.78 is 61.9. The van der Waals surface area contributed by atoms with E-state index >= 15 is 0 Å². The number of aromatic nitrogens is 1. The van der Waals surface area contributed by atoms with E-state index in [0.29, 0.717) is 17.0 Å². The monoisotopic (exact) mass is 534 g/mol. The number of pyridine rings is 1. The Bertz CT molecular complexity index is 1230. The number of nitrogens with zero attached hydrogens (tertiary/aromatic N) is 2. The van der Waals surface area contributed by atoms with Crippen molar-refractivity contribution in [2.24, 2.45) is 0 Å². The highest BCUT2D eigenvalue weighted by atomic mass is 31.2. The summed E-state index contributed by atoms with van der Waals surface area (Å²) in [5.74, 6) is -3.54. The second kappa shape index (κ2) is 9.07. The zero-order valence-electron chi connectivity index (χ0n) is 17.6. The number of cyclic esters (lactones) is 1. The maximum atomic E-state index is 14.8. The van der Waals surface area contributed by atoms with Gasteiger partial charge in [-0.25, -0.2) is 23.3 Å². The number of benzene rings is 1. The van der Waals surface area contributed by atoms with Crippen LogP contribution in [0.1, 0.15) is 17.4 Å². The Morgan fingerprint density at radius 3 is 2.54 bits per heavy atom. The molecule has 12 nitrogen and oxygen atoms in total. The number of hydrogen-bond acceptors (Lipinski definition) is 10. The fourth-order valence-corrected chi connectivity index (χ4v) is 7.29. The van der Waals surface area contributed by atoms with Gasteiger partial charge in [-0.15, -0.1) is 0 Å². The van der Waals surface area contributed by atoms with Crippen molar-refractivity contribution < 1.29 is 56.3 Å². The molecule has 0 radical (unpaired) electrons. The van der Waals surface area contributed by atoms with Crippen LogP contribution < -0.4 is 4.74 Å². The van der Waals surface area contributed by atoms with Gasteiger partial charge in [0.15, 0.2) is 7.34 Å². The van der Waals surface area contributed by atoms with E-state index in [9.17, 15) is 37.8 Å². The Labute approximate surface area is 196 Å². The molecule has 3 N–H and O–H groups in total. The van der Waals surface area contributed by atoms with E-state index in [4.69, 9.17) is 13.8 Å². The van der Waals surface area contributed by atoms with Gasteiger partial charge in [0.05, 0.1) is 12.1 Å². The summed E-state index contributed by atoms with van der Waals surface area (Å²) in [6.07, 6.45) is 0.796. The molecule has 188 valence electrons. The lowest BCUT2D eigenvalue weighted by Crippen LogP contribution is -2.38. The SMILES string of the molecule is C=P1(O)OC(c2c(F)cc(OC(=O)N3CCOC3=O)cc2F)OP(=O)(O)C1(O)Cc1cccnc1. The third-order valence-electron chi connectivity index (χ3n) is 5.16. The average Bonchev–Trinajstić information content (AvgIpc) is 3.18. The van der Waals surface area contributed by atoms with Gasteiger partial charge in [0.2, 0.25) is 11.4 Å². The van der Waals surface area contributed by atoms with E-state index in [1.54, 1.807) is 0 Å². The fraction of sp³-hybridized carbons (Fsp3) is 0.263. The molecule has 0 aliphatic carbocycles. The second-order valence-corrected chi connectivity index (χ2v) is 12.2. The van der Waals surface area contributed by atoms with Crippen LogP contribution in [0.15, 0.2) is 36.7 Å². The van der Waals surface area contributed by atoms with Crippen molar-refractivity contribution in [1.82, 2.24) is 9.88 Å². The average molecular weight is 534 g/mol. The normalized spacial score (nSPS) is 30.7. The van der Waals surface area contributed by atoms with Crippen molar-refractivity contribution >= 4 is 33.4 Å². The van der Waals surface area contributed by atoms with Crippen LogP contribution in [0.4, 0.5) is 18.4 Å². The van der Waals surface area contributed by atoms with E-state index in [2.05, 4.69) is 16.0 Å². The molecule has 4 unspecified atom stereocenters. The maximum Gasteiger partial charge on any atom is 0.424 e. The predicted molar refractivity (Wildman–Crippen MR) is 114 cm³/mol. The molecule has 0 spiro atoms. The van der Waals surface area contributed by atoms with Gasteiger partial charge in [-0.05, 0) is 17.9 Å². The summed E-state index contributed by atoms with van der Waals surface area (Å²) in [5.41, 5.74) is -0.826. The summed E-state index contributed by atoms with van der Waals surface area (Å²) in [6.45, 7) is -0.193. The molecule has 3 heterocycles. The zero-order valence-corrected chi connectivity index (χ0v) is 19.4. The van der Waals surface area contributed by atoms with Crippen LogP contribution >= 0.6 is 14.9 Å². The van der Waals surface area contributed by atoms with Gasteiger partial charge in [-0.1, -0.05) is 6.07 Å². The van der Waals surface area contributed by atoms with E-state index in [-0.39, 0.29) is 18.7 Å². The van der Waals surface area contributed by atoms with Crippen LogP contribution in [-0.2, 0) is 24.8 Å². The summed E-state index contributed by atoms with van der Waals surface area (Å²) in [5, 5.41) is 7.99. The molecule has 4 atom stereocenters. The molecule has 2 aliphatic rings. The number of amides is 2. The first-order chi connectivity index (χ1) is 16.3. The molecule has 1 aromatic heterocycles. The molecule has 2 saturated heterocycles. The standard InChI is InChI=1S/C19H18F2N2O10P2/c1-34(27)19(26,9-11-3-2-4-22-10-11)35(28,29)33-16(32-34)15-13(20)7-12(8-14(15)21)31-18(25)23-5-6-30-17(23)24/h2-4,7-8,10,16,26-27H,1,5-6,9H2,(H,28,29). The molecule has 1 aromatic carbocycles. The van der Waals surface area contributed by atoms with E-state index in [0.717, 1.165) is 0 Å². The topological polar surface area (TPSA) is 165 Å². The second-order valence-electron chi connectivity index (χ2n) is 7.51. The summed E-state index contributed by atoms with van der Waals surface area (Å²) in [7, 11) is -9.75. The lowest BCUT2D eigenvalue weighted by Gasteiger charge is -2.45. The third-order valence-corrected chi connectivity index (χ3v) is 10.2. The minimum absolute atomic E-state index is 0.0720. The molecule has 2 amide bonds. The molecule has 2 aliphatic heterocycles. The lowest BCUT2D eigenvalue weighted by atomic mass is 10.2. The van der Waals surface area contributed by atoms with Gasteiger partial charge in [-0.2, -0.15) is 0 Å². The van der Waals surface area contributed by atoms with Crippen molar-refractivity contribution in [3.05, 3.63) is 59.4 Å². The zero-order chi connectivity index (χ0) is 25.6. The summed E-state index contributed by atoms with van der Waals surface area (Å²) in [4.78, 5) is 49.0. The quantitative estimate of drug-likeness (QED) is 0.494. The molecular weight excluding hydrogens is 516 g/mol. The van der Waals surface area contributed by atoms with Crippen molar-refractivity contribution in [3.8, 4) is 5.75 Å². The fourth-order valence-electron chi connectivity index (χ4n) is 3.34.